The Labute approximate surface area is 112 Å². The van der Waals surface area contributed by atoms with E-state index >= 15 is 0 Å². The first-order valence-corrected chi connectivity index (χ1v) is 6.43. The van der Waals surface area contributed by atoms with E-state index in [-0.39, 0.29) is 24.4 Å². The molecule has 0 bridgehead atoms. The van der Waals surface area contributed by atoms with E-state index in [2.05, 4.69) is 4.74 Å². The second kappa shape index (κ2) is 5.63. The van der Waals surface area contributed by atoms with Crippen LogP contribution >= 0.6 is 0 Å². The molecule has 1 aliphatic carbocycles. The molecule has 0 aromatic heterocycles. The molecule has 0 aromatic rings. The summed E-state index contributed by atoms with van der Waals surface area (Å²) < 4.78 is 4.64. The Kier molecular flexibility index (Phi) is 4.61. The van der Waals surface area contributed by atoms with Crippen LogP contribution in [-0.2, 0) is 23.9 Å². The van der Waals surface area contributed by atoms with E-state index in [0.717, 1.165) is 0 Å². The quantitative estimate of drug-likeness (QED) is 0.568. The Bertz CT molecular complexity index is 422. The molecule has 0 unspecified atom stereocenters. The molecule has 0 saturated heterocycles. The number of esters is 1. The van der Waals surface area contributed by atoms with Gasteiger partial charge in [-0.15, -0.1) is 0 Å². The second-order valence-electron chi connectivity index (χ2n) is 5.64. The minimum Gasteiger partial charge on any atom is -0.468 e. The Balaban J connectivity index is 3.12. The average molecular weight is 268 g/mol. The molecule has 1 aliphatic rings. The largest absolute Gasteiger partial charge is 0.468 e. The smallest absolute Gasteiger partial charge is 0.316 e. The lowest BCUT2D eigenvalue weighted by atomic mass is 9.63. The molecule has 0 heterocycles. The summed E-state index contributed by atoms with van der Waals surface area (Å²) in [6, 6.07) is 0. The molecule has 1 rings (SSSR count). The molecule has 0 aromatic carbocycles. The van der Waals surface area contributed by atoms with Gasteiger partial charge in [0.15, 0.2) is 17.3 Å². The number of hydrogen-bond acceptors (Lipinski definition) is 5. The summed E-state index contributed by atoms with van der Waals surface area (Å²) in [5.41, 5.74) is -0.801. The first-order valence-electron chi connectivity index (χ1n) is 6.43. The average Bonchev–Trinajstić information content (AvgIpc) is 2.26. The predicted octanol–water partition coefficient (Wildman–Crippen LogP) is 1.33. The summed E-state index contributed by atoms with van der Waals surface area (Å²) in [5.74, 6) is -4.36. The third kappa shape index (κ3) is 2.91. The van der Waals surface area contributed by atoms with Crippen LogP contribution in [0.1, 0.15) is 40.0 Å². The van der Waals surface area contributed by atoms with Gasteiger partial charge in [-0.3, -0.25) is 19.2 Å². The summed E-state index contributed by atoms with van der Waals surface area (Å²) in [7, 11) is 1.20. The van der Waals surface area contributed by atoms with Crippen LogP contribution in [-0.4, -0.2) is 30.4 Å². The molecule has 2 atom stereocenters. The molecule has 1 fully saturated rings. The molecule has 0 amide bonds. The van der Waals surface area contributed by atoms with Gasteiger partial charge < -0.3 is 4.74 Å². The van der Waals surface area contributed by atoms with Crippen molar-refractivity contribution in [1.29, 1.82) is 0 Å². The number of ether oxygens (including phenoxy) is 1. The fraction of sp³-hybridized carbons (Fsp3) is 0.714. The van der Waals surface area contributed by atoms with Crippen molar-refractivity contribution in [2.45, 2.75) is 40.0 Å². The monoisotopic (exact) mass is 268 g/mol. The van der Waals surface area contributed by atoms with Crippen LogP contribution in [0.2, 0.25) is 0 Å². The van der Waals surface area contributed by atoms with Gasteiger partial charge >= 0.3 is 5.97 Å². The zero-order valence-corrected chi connectivity index (χ0v) is 11.8. The van der Waals surface area contributed by atoms with Crippen molar-refractivity contribution in [3.63, 3.8) is 0 Å². The predicted molar refractivity (Wildman–Crippen MR) is 67.3 cm³/mol. The summed E-state index contributed by atoms with van der Waals surface area (Å²) >= 11 is 0. The first-order chi connectivity index (χ1) is 8.76. The summed E-state index contributed by atoms with van der Waals surface area (Å²) in [5, 5.41) is 0. The third-order valence-electron chi connectivity index (χ3n) is 3.56. The number of methoxy groups -OCH3 is 1. The summed E-state index contributed by atoms with van der Waals surface area (Å²) in [6.45, 7) is 5.15. The van der Waals surface area contributed by atoms with E-state index in [4.69, 9.17) is 0 Å². The molecule has 5 nitrogen and oxygen atoms in total. The fourth-order valence-corrected chi connectivity index (χ4v) is 2.65. The second-order valence-corrected chi connectivity index (χ2v) is 5.64. The standard InChI is InChI=1S/C14H20O5/c1-5-6-8(15)10-9(16)7-14(2,3)11(12(10)17)13(18)19-4/h10-11H,5-7H2,1-4H3/t10-,11+/m0/s1. The van der Waals surface area contributed by atoms with Gasteiger partial charge in [-0.25, -0.2) is 0 Å². The molecule has 19 heavy (non-hydrogen) atoms. The van der Waals surface area contributed by atoms with Crippen LogP contribution in [0.5, 0.6) is 0 Å². The third-order valence-corrected chi connectivity index (χ3v) is 3.56. The van der Waals surface area contributed by atoms with Crippen molar-refractivity contribution in [3.05, 3.63) is 0 Å². The lowest BCUT2D eigenvalue weighted by Gasteiger charge is -2.37. The highest BCUT2D eigenvalue weighted by atomic mass is 16.5. The topological polar surface area (TPSA) is 77.5 Å². The van der Waals surface area contributed by atoms with Crippen molar-refractivity contribution in [2.24, 2.45) is 17.3 Å². The SMILES string of the molecule is CCCC(=O)[C@H]1C(=O)CC(C)(C)[C@@H](C(=O)OC)C1=O. The molecular formula is C14H20O5. The van der Waals surface area contributed by atoms with Crippen molar-refractivity contribution in [3.8, 4) is 0 Å². The molecule has 0 aliphatic heterocycles. The maximum Gasteiger partial charge on any atom is 0.316 e. The van der Waals surface area contributed by atoms with Gasteiger partial charge in [0.1, 0.15) is 11.8 Å². The molecule has 0 radical (unpaired) electrons. The number of Topliss-reactive ketones (excluding diaryl/α,β-unsaturated/α-hetero) is 3. The molecule has 1 saturated carbocycles. The van der Waals surface area contributed by atoms with Crippen LogP contribution in [0.4, 0.5) is 0 Å². The van der Waals surface area contributed by atoms with Crippen LogP contribution in [0.15, 0.2) is 0 Å². The van der Waals surface area contributed by atoms with E-state index in [1.807, 2.05) is 0 Å². The summed E-state index contributed by atoms with van der Waals surface area (Å²) in [6.07, 6.45) is 0.789. The molecule has 0 N–H and O–H groups in total. The maximum atomic E-state index is 12.3. The van der Waals surface area contributed by atoms with Gasteiger partial charge in [0.05, 0.1) is 7.11 Å². The molecule has 0 spiro atoms. The van der Waals surface area contributed by atoms with E-state index in [9.17, 15) is 19.2 Å². The number of ketones is 3. The van der Waals surface area contributed by atoms with E-state index in [1.54, 1.807) is 20.8 Å². The Morgan fingerprint density at radius 3 is 2.37 bits per heavy atom. The van der Waals surface area contributed by atoms with Crippen LogP contribution in [0, 0.1) is 17.3 Å². The van der Waals surface area contributed by atoms with Gasteiger partial charge in [-0.05, 0) is 11.8 Å². The Morgan fingerprint density at radius 1 is 1.32 bits per heavy atom. The number of carbonyl (C=O) groups excluding carboxylic acids is 4. The fourth-order valence-electron chi connectivity index (χ4n) is 2.65. The Hall–Kier alpha value is -1.52. The summed E-state index contributed by atoms with van der Waals surface area (Å²) in [4.78, 5) is 48.0. The van der Waals surface area contributed by atoms with Gasteiger partial charge in [0.25, 0.3) is 0 Å². The van der Waals surface area contributed by atoms with E-state index in [0.29, 0.717) is 6.42 Å². The van der Waals surface area contributed by atoms with Gasteiger partial charge in [-0.1, -0.05) is 20.8 Å². The van der Waals surface area contributed by atoms with Gasteiger partial charge in [-0.2, -0.15) is 0 Å². The zero-order valence-electron chi connectivity index (χ0n) is 11.8. The van der Waals surface area contributed by atoms with Gasteiger partial charge in [0, 0.05) is 12.8 Å². The van der Waals surface area contributed by atoms with E-state index in [1.165, 1.54) is 7.11 Å². The number of rotatable bonds is 4. The highest BCUT2D eigenvalue weighted by Gasteiger charge is 2.53. The highest BCUT2D eigenvalue weighted by Crippen LogP contribution is 2.40. The highest BCUT2D eigenvalue weighted by molar-refractivity contribution is 6.25. The van der Waals surface area contributed by atoms with Crippen molar-refractivity contribution in [1.82, 2.24) is 0 Å². The first kappa shape index (κ1) is 15.5. The maximum absolute atomic E-state index is 12.3. The lowest BCUT2D eigenvalue weighted by molar-refractivity contribution is -0.161. The van der Waals surface area contributed by atoms with Gasteiger partial charge in [0.2, 0.25) is 0 Å². The minimum absolute atomic E-state index is 0.0403. The zero-order chi connectivity index (χ0) is 14.8. The molecule has 106 valence electrons. The van der Waals surface area contributed by atoms with Crippen molar-refractivity contribution in [2.75, 3.05) is 7.11 Å². The van der Waals surface area contributed by atoms with E-state index < -0.39 is 29.0 Å². The van der Waals surface area contributed by atoms with Crippen LogP contribution in [0.3, 0.4) is 0 Å². The normalized spacial score (nSPS) is 26.1. The molecular weight excluding hydrogens is 248 g/mol. The molecule has 5 heteroatoms. The number of carbonyl (C=O) groups is 4. The lowest BCUT2D eigenvalue weighted by Crippen LogP contribution is -2.51. The van der Waals surface area contributed by atoms with Crippen molar-refractivity contribution >= 4 is 23.3 Å². The minimum atomic E-state index is -1.28. The van der Waals surface area contributed by atoms with Crippen LogP contribution in [0.25, 0.3) is 0 Å². The van der Waals surface area contributed by atoms with Crippen LogP contribution < -0.4 is 0 Å². The van der Waals surface area contributed by atoms with Crippen molar-refractivity contribution < 1.29 is 23.9 Å². The number of hydrogen-bond donors (Lipinski definition) is 0. The Morgan fingerprint density at radius 2 is 1.89 bits per heavy atom.